The minimum atomic E-state index is -3.45. The Hall–Kier alpha value is -1.93. The van der Waals surface area contributed by atoms with E-state index in [1.165, 1.54) is 0 Å². The molecule has 3 aliphatic rings. The first-order valence-electron chi connectivity index (χ1n) is 10.9. The highest BCUT2D eigenvalue weighted by Crippen LogP contribution is 2.53. The van der Waals surface area contributed by atoms with E-state index >= 15 is 0 Å². The summed E-state index contributed by atoms with van der Waals surface area (Å²) in [6.45, 7) is 3.87. The van der Waals surface area contributed by atoms with Crippen LogP contribution in [-0.4, -0.2) is 38.8 Å². The maximum Gasteiger partial charge on any atom is 0.222 e. The van der Waals surface area contributed by atoms with Gasteiger partial charge in [0.2, 0.25) is 5.91 Å². The van der Waals surface area contributed by atoms with E-state index in [0.29, 0.717) is 17.7 Å². The highest BCUT2D eigenvalue weighted by atomic mass is 32.2. The van der Waals surface area contributed by atoms with Crippen molar-refractivity contribution in [2.45, 2.75) is 62.8 Å². The zero-order chi connectivity index (χ0) is 22.7. The van der Waals surface area contributed by atoms with Crippen molar-refractivity contribution in [1.82, 2.24) is 5.32 Å². The highest BCUT2D eigenvalue weighted by Gasteiger charge is 2.51. The summed E-state index contributed by atoms with van der Waals surface area (Å²) in [5.41, 5.74) is 5.34. The summed E-state index contributed by atoms with van der Waals surface area (Å²) in [6.07, 6.45) is 5.35. The van der Waals surface area contributed by atoms with Gasteiger partial charge in [-0.25, -0.2) is 12.8 Å². The summed E-state index contributed by atoms with van der Waals surface area (Å²) in [5, 5.41) is 3.23. The van der Waals surface area contributed by atoms with Gasteiger partial charge in [0.25, 0.3) is 0 Å². The monoisotopic (exact) mass is 452 g/mol. The van der Waals surface area contributed by atoms with Crippen molar-refractivity contribution in [2.24, 2.45) is 17.1 Å². The van der Waals surface area contributed by atoms with Crippen molar-refractivity contribution < 1.29 is 22.3 Å². The van der Waals surface area contributed by atoms with Crippen molar-refractivity contribution in [3.63, 3.8) is 0 Å². The predicted molar refractivity (Wildman–Crippen MR) is 118 cm³/mol. The molecular formula is C23H33FN2O4S. The Morgan fingerprint density at radius 3 is 2.23 bits per heavy atom. The molecule has 8 heteroatoms. The molecule has 3 saturated carbocycles. The molecule has 0 saturated heterocycles. The third kappa shape index (κ3) is 5.47. The molecule has 172 valence electrons. The fraction of sp³-hybridized carbons (Fsp3) is 0.609. The van der Waals surface area contributed by atoms with Crippen LogP contribution in [0.1, 0.15) is 52.4 Å². The van der Waals surface area contributed by atoms with Gasteiger partial charge in [-0.3, -0.25) is 4.79 Å². The number of fused-ring (bicyclic) bond motifs is 3. The Morgan fingerprint density at radius 1 is 1.16 bits per heavy atom. The summed E-state index contributed by atoms with van der Waals surface area (Å²) >= 11 is 0. The van der Waals surface area contributed by atoms with Gasteiger partial charge < -0.3 is 15.8 Å². The number of carbonyl (C=O) groups is 1. The lowest BCUT2D eigenvalue weighted by atomic mass is 9.58. The molecule has 0 heterocycles. The van der Waals surface area contributed by atoms with Crippen LogP contribution in [0.4, 0.5) is 4.39 Å². The molecule has 3 fully saturated rings. The van der Waals surface area contributed by atoms with E-state index in [-0.39, 0.29) is 46.6 Å². The maximum absolute atomic E-state index is 13.1. The van der Waals surface area contributed by atoms with Crippen LogP contribution in [0.5, 0.6) is 5.75 Å². The van der Waals surface area contributed by atoms with Gasteiger partial charge in [-0.2, -0.15) is 0 Å². The fourth-order valence-electron chi connectivity index (χ4n) is 4.61. The summed E-state index contributed by atoms with van der Waals surface area (Å²) in [6, 6.07) is 6.26. The SMILES string of the molecule is CC(C)C(=O)NC12CCC(CS(=O)(=O)c3ccc(OC/C(=C/F)CN)cc3)(CC1)CC2. The Balaban J connectivity index is 1.62. The van der Waals surface area contributed by atoms with Crippen LogP contribution in [-0.2, 0) is 14.6 Å². The molecule has 2 bridgehead atoms. The molecule has 0 atom stereocenters. The van der Waals surface area contributed by atoms with E-state index in [9.17, 15) is 17.6 Å². The van der Waals surface area contributed by atoms with Gasteiger partial charge in [-0.05, 0) is 68.2 Å². The topological polar surface area (TPSA) is 98.5 Å². The molecule has 3 aliphatic carbocycles. The zero-order valence-electron chi connectivity index (χ0n) is 18.3. The molecular weight excluding hydrogens is 419 g/mol. The molecule has 1 aromatic carbocycles. The van der Waals surface area contributed by atoms with E-state index < -0.39 is 9.84 Å². The van der Waals surface area contributed by atoms with Gasteiger partial charge in [0, 0.05) is 23.6 Å². The number of sulfone groups is 1. The Labute approximate surface area is 184 Å². The first kappa shape index (κ1) is 23.7. The second kappa shape index (κ2) is 9.28. The van der Waals surface area contributed by atoms with Crippen LogP contribution in [0.25, 0.3) is 0 Å². The summed E-state index contributed by atoms with van der Waals surface area (Å²) in [5.74, 6) is 0.608. The van der Waals surface area contributed by atoms with Gasteiger partial charge in [-0.15, -0.1) is 0 Å². The number of amides is 1. The molecule has 0 unspecified atom stereocenters. The molecule has 3 N–H and O–H groups in total. The van der Waals surface area contributed by atoms with Gasteiger partial charge in [-0.1, -0.05) is 13.8 Å². The Morgan fingerprint density at radius 2 is 1.74 bits per heavy atom. The number of carbonyl (C=O) groups excluding carboxylic acids is 1. The molecule has 0 aromatic heterocycles. The van der Waals surface area contributed by atoms with E-state index in [0.717, 1.165) is 38.5 Å². The molecule has 6 nitrogen and oxygen atoms in total. The lowest BCUT2D eigenvalue weighted by Crippen LogP contribution is -2.58. The number of rotatable bonds is 9. The fourth-order valence-corrected chi connectivity index (χ4v) is 6.57. The number of hydrogen-bond acceptors (Lipinski definition) is 5. The average Bonchev–Trinajstić information content (AvgIpc) is 2.75. The normalized spacial score (nSPS) is 26.2. The average molecular weight is 453 g/mol. The number of nitrogens with two attached hydrogens (primary N) is 1. The minimum absolute atomic E-state index is 0.0251. The van der Waals surface area contributed by atoms with Crippen LogP contribution >= 0.6 is 0 Å². The molecule has 1 amide bonds. The quantitative estimate of drug-likeness (QED) is 0.597. The van der Waals surface area contributed by atoms with E-state index in [1.807, 2.05) is 13.8 Å². The molecule has 4 rings (SSSR count). The van der Waals surface area contributed by atoms with Crippen molar-refractivity contribution >= 4 is 15.7 Å². The van der Waals surface area contributed by atoms with Gasteiger partial charge in [0.15, 0.2) is 9.84 Å². The lowest BCUT2D eigenvalue weighted by Gasteiger charge is -2.53. The first-order chi connectivity index (χ1) is 14.6. The Kier molecular flexibility index (Phi) is 7.11. The molecule has 1 aromatic rings. The molecule has 31 heavy (non-hydrogen) atoms. The van der Waals surface area contributed by atoms with Crippen molar-refractivity contribution in [1.29, 1.82) is 0 Å². The van der Waals surface area contributed by atoms with Gasteiger partial charge in [0.05, 0.1) is 17.0 Å². The minimum Gasteiger partial charge on any atom is -0.489 e. The lowest BCUT2D eigenvalue weighted by molar-refractivity contribution is -0.128. The van der Waals surface area contributed by atoms with Crippen LogP contribution in [0.2, 0.25) is 0 Å². The Bertz CT molecular complexity index is 901. The largest absolute Gasteiger partial charge is 0.489 e. The van der Waals surface area contributed by atoms with Gasteiger partial charge >= 0.3 is 0 Å². The molecule has 0 radical (unpaired) electrons. The number of hydrogen-bond donors (Lipinski definition) is 2. The van der Waals surface area contributed by atoms with Crippen LogP contribution < -0.4 is 15.8 Å². The van der Waals surface area contributed by atoms with Crippen molar-refractivity contribution in [2.75, 3.05) is 18.9 Å². The smallest absolute Gasteiger partial charge is 0.222 e. The highest BCUT2D eigenvalue weighted by molar-refractivity contribution is 7.91. The first-order valence-corrected chi connectivity index (χ1v) is 12.5. The number of ether oxygens (including phenoxy) is 1. The summed E-state index contributed by atoms with van der Waals surface area (Å²) < 4.78 is 44.3. The van der Waals surface area contributed by atoms with Gasteiger partial charge in [0.1, 0.15) is 12.4 Å². The van der Waals surface area contributed by atoms with Crippen LogP contribution in [0.3, 0.4) is 0 Å². The van der Waals surface area contributed by atoms with Crippen LogP contribution in [0.15, 0.2) is 41.1 Å². The standard InChI is InChI=1S/C23H33FN2O4S/c1-17(2)21(27)26-23-10-7-22(8-11-23,9-12-23)16-31(28,29)20-5-3-19(4-6-20)30-15-18(13-24)14-25/h3-6,13,17H,7-12,14-16,25H2,1-2H3,(H,26,27)/b18-13+. The second-order valence-corrected chi connectivity index (χ2v) is 11.4. The molecule has 0 aliphatic heterocycles. The zero-order valence-corrected chi connectivity index (χ0v) is 19.1. The van der Waals surface area contributed by atoms with E-state index in [4.69, 9.17) is 10.5 Å². The third-order valence-corrected chi connectivity index (χ3v) is 8.82. The summed E-state index contributed by atoms with van der Waals surface area (Å²) in [4.78, 5) is 12.5. The summed E-state index contributed by atoms with van der Waals surface area (Å²) in [7, 11) is -3.45. The van der Waals surface area contributed by atoms with Crippen LogP contribution in [0, 0.1) is 11.3 Å². The van der Waals surface area contributed by atoms with Crippen molar-refractivity contribution in [3.05, 3.63) is 36.2 Å². The number of halogens is 1. The maximum atomic E-state index is 13.1. The second-order valence-electron chi connectivity index (χ2n) is 9.41. The third-order valence-electron chi connectivity index (χ3n) is 6.83. The van der Waals surface area contributed by atoms with Crippen molar-refractivity contribution in [3.8, 4) is 5.75 Å². The predicted octanol–water partition coefficient (Wildman–Crippen LogP) is 3.52. The molecule has 0 spiro atoms. The van der Waals surface area contributed by atoms with E-state index in [1.54, 1.807) is 24.3 Å². The number of nitrogens with one attached hydrogen (secondary N) is 1. The van der Waals surface area contributed by atoms with E-state index in [2.05, 4.69) is 5.32 Å². The number of benzene rings is 1.